The summed E-state index contributed by atoms with van der Waals surface area (Å²) in [7, 11) is 0. The van der Waals surface area contributed by atoms with Crippen molar-refractivity contribution in [3.8, 4) is 0 Å². The van der Waals surface area contributed by atoms with E-state index in [2.05, 4.69) is 5.32 Å². The molecule has 1 heterocycles. The molecular weight excluding hydrogens is 110 g/mol. The normalized spacial score (nSPS) is 30.4. The van der Waals surface area contributed by atoms with Gasteiger partial charge in [-0.3, -0.25) is 4.79 Å². The van der Waals surface area contributed by atoms with Crippen molar-refractivity contribution in [3.05, 3.63) is 0 Å². The third kappa shape index (κ3) is 1.09. The molecule has 1 unspecified atom stereocenters. The fourth-order valence-corrected chi connectivity index (χ4v) is 1.16. The van der Waals surface area contributed by atoms with Crippen LogP contribution in [-0.2, 0) is 0 Å². The third-order valence-corrected chi connectivity index (χ3v) is 1.78. The van der Waals surface area contributed by atoms with E-state index in [0.717, 1.165) is 5.75 Å². The van der Waals surface area contributed by atoms with Crippen LogP contribution in [0.3, 0.4) is 0 Å². The summed E-state index contributed by atoms with van der Waals surface area (Å²) in [5, 5.41) is 3.71. The summed E-state index contributed by atoms with van der Waals surface area (Å²) in [6.07, 6.45) is 0. The van der Waals surface area contributed by atoms with Gasteiger partial charge in [0, 0.05) is 5.75 Å². The Kier molecular flexibility index (Phi) is 1.23. The van der Waals surface area contributed by atoms with Gasteiger partial charge in [-0.15, -0.1) is 0 Å². The zero-order valence-corrected chi connectivity index (χ0v) is 4.86. The van der Waals surface area contributed by atoms with Crippen LogP contribution in [0.1, 0.15) is 6.92 Å². The van der Waals surface area contributed by atoms with Crippen molar-refractivity contribution in [3.63, 3.8) is 0 Å². The number of carbonyl (C=O) groups excluding carboxylic acids is 1. The molecule has 1 rings (SSSR count). The van der Waals surface area contributed by atoms with Crippen molar-refractivity contribution >= 4 is 17.0 Å². The first-order chi connectivity index (χ1) is 3.29. The first-order valence-corrected chi connectivity index (χ1v) is 3.15. The fourth-order valence-electron chi connectivity index (χ4n) is 0.446. The molecule has 1 atom stereocenters. The molecule has 0 aromatic carbocycles. The molecule has 2 nitrogen and oxygen atoms in total. The zero-order valence-electron chi connectivity index (χ0n) is 4.05. The second kappa shape index (κ2) is 1.74. The first kappa shape index (κ1) is 4.97. The number of amides is 1. The predicted octanol–water partition coefficient (Wildman–Crippen LogP) is 0.846. The van der Waals surface area contributed by atoms with Gasteiger partial charge in [0.25, 0.3) is 0 Å². The molecule has 0 aromatic heterocycles. The van der Waals surface area contributed by atoms with Crippen molar-refractivity contribution < 1.29 is 4.79 Å². The molecule has 7 heavy (non-hydrogen) atoms. The van der Waals surface area contributed by atoms with E-state index in [0.29, 0.717) is 0 Å². The number of hydrogen-bond acceptors (Lipinski definition) is 2. The average molecular weight is 116 g/mol. The summed E-state index contributed by atoms with van der Waals surface area (Å²) in [6, 6.07) is 0.262. The monoisotopic (exact) mass is 116 g/mol. The molecule has 0 spiro atoms. The lowest BCUT2D eigenvalue weighted by atomic mass is 10.4. The minimum absolute atomic E-state index is 0.00694. The van der Waals surface area contributed by atoms with E-state index >= 15 is 0 Å². The van der Waals surface area contributed by atoms with Crippen LogP contribution >= 0.6 is 11.8 Å². The Morgan fingerprint density at radius 3 is 2.86 bits per heavy atom. The Hall–Kier alpha value is -0.180. The number of rotatable bonds is 0. The first-order valence-electron chi connectivity index (χ1n) is 2.16. The Morgan fingerprint density at radius 2 is 2.71 bits per heavy atom. The summed E-state index contributed by atoms with van der Waals surface area (Å²) < 4.78 is 0. The van der Waals surface area contributed by atoms with Crippen LogP contribution in [0.15, 0.2) is 0 Å². The molecule has 0 N–H and O–H groups in total. The lowest BCUT2D eigenvalue weighted by Crippen LogP contribution is -2.13. The van der Waals surface area contributed by atoms with Gasteiger partial charge >= 0.3 is 5.24 Å². The second-order valence-electron chi connectivity index (χ2n) is 1.56. The van der Waals surface area contributed by atoms with Crippen LogP contribution in [0.5, 0.6) is 0 Å². The lowest BCUT2D eigenvalue weighted by Gasteiger charge is -1.89. The minimum atomic E-state index is -0.00694. The van der Waals surface area contributed by atoms with E-state index in [1.54, 1.807) is 0 Å². The molecule has 39 valence electrons. The maximum Gasteiger partial charge on any atom is 0.300 e. The lowest BCUT2D eigenvalue weighted by molar-refractivity contribution is 0.260. The van der Waals surface area contributed by atoms with Crippen LogP contribution in [0.4, 0.5) is 4.79 Å². The predicted molar refractivity (Wildman–Crippen MR) is 29.4 cm³/mol. The van der Waals surface area contributed by atoms with Gasteiger partial charge in [-0.1, -0.05) is 11.8 Å². The molecule has 0 saturated carbocycles. The SMILES string of the molecule is CC1CSC(=O)[N]1. The molecule has 1 aliphatic rings. The maximum absolute atomic E-state index is 10.2. The van der Waals surface area contributed by atoms with Gasteiger partial charge < -0.3 is 0 Å². The van der Waals surface area contributed by atoms with Gasteiger partial charge in [0.1, 0.15) is 0 Å². The van der Waals surface area contributed by atoms with E-state index < -0.39 is 0 Å². The van der Waals surface area contributed by atoms with Crippen molar-refractivity contribution in [1.82, 2.24) is 5.32 Å². The molecule has 1 fully saturated rings. The van der Waals surface area contributed by atoms with Gasteiger partial charge in [-0.05, 0) is 6.92 Å². The quantitative estimate of drug-likeness (QED) is 0.469. The molecule has 1 amide bonds. The summed E-state index contributed by atoms with van der Waals surface area (Å²) in [6.45, 7) is 1.94. The van der Waals surface area contributed by atoms with Gasteiger partial charge in [-0.25, -0.2) is 5.32 Å². The van der Waals surface area contributed by atoms with Gasteiger partial charge in [-0.2, -0.15) is 0 Å². The molecule has 3 heteroatoms. The summed E-state index contributed by atoms with van der Waals surface area (Å²) in [5.74, 6) is 0.874. The summed E-state index contributed by atoms with van der Waals surface area (Å²) in [5.41, 5.74) is 0. The molecule has 0 aliphatic carbocycles. The molecule has 0 bridgehead atoms. The van der Waals surface area contributed by atoms with Crippen LogP contribution in [-0.4, -0.2) is 17.0 Å². The van der Waals surface area contributed by atoms with Crippen molar-refractivity contribution in [2.24, 2.45) is 0 Å². The van der Waals surface area contributed by atoms with E-state index in [1.165, 1.54) is 11.8 Å². The largest absolute Gasteiger partial charge is 0.300 e. The topological polar surface area (TPSA) is 31.2 Å². The number of thioether (sulfide) groups is 1. The Balaban J connectivity index is 2.40. The average Bonchev–Trinajstić information content (AvgIpc) is 1.87. The van der Waals surface area contributed by atoms with Gasteiger partial charge in [0.05, 0.1) is 6.04 Å². The van der Waals surface area contributed by atoms with E-state index in [9.17, 15) is 4.79 Å². The van der Waals surface area contributed by atoms with E-state index in [4.69, 9.17) is 0 Å². The molecule has 1 radical (unpaired) electrons. The van der Waals surface area contributed by atoms with Crippen LogP contribution in [0.25, 0.3) is 0 Å². The summed E-state index contributed by atoms with van der Waals surface area (Å²) in [4.78, 5) is 10.2. The van der Waals surface area contributed by atoms with Gasteiger partial charge in [0.15, 0.2) is 0 Å². The summed E-state index contributed by atoms with van der Waals surface area (Å²) >= 11 is 1.30. The Bertz CT molecular complexity index is 93.7. The fraction of sp³-hybridized carbons (Fsp3) is 0.750. The van der Waals surface area contributed by atoms with Gasteiger partial charge in [0.2, 0.25) is 0 Å². The minimum Gasteiger partial charge on any atom is -0.260 e. The molecule has 0 aromatic rings. The third-order valence-electron chi connectivity index (χ3n) is 0.774. The smallest absolute Gasteiger partial charge is 0.260 e. The molecular formula is C4H6NOS. The van der Waals surface area contributed by atoms with Crippen LogP contribution < -0.4 is 5.32 Å². The highest BCUT2D eigenvalue weighted by Crippen LogP contribution is 2.13. The van der Waals surface area contributed by atoms with Crippen molar-refractivity contribution in [1.29, 1.82) is 0 Å². The van der Waals surface area contributed by atoms with Crippen LogP contribution in [0.2, 0.25) is 0 Å². The van der Waals surface area contributed by atoms with Crippen molar-refractivity contribution in [2.45, 2.75) is 13.0 Å². The number of hydrogen-bond donors (Lipinski definition) is 0. The molecule has 1 aliphatic heterocycles. The van der Waals surface area contributed by atoms with E-state index in [-0.39, 0.29) is 11.3 Å². The highest BCUT2D eigenvalue weighted by Gasteiger charge is 2.18. The zero-order chi connectivity index (χ0) is 5.28. The maximum atomic E-state index is 10.2. The molecule has 1 saturated heterocycles. The highest BCUT2D eigenvalue weighted by molar-refractivity contribution is 8.13. The van der Waals surface area contributed by atoms with E-state index in [1.807, 2.05) is 6.92 Å². The number of nitrogens with zero attached hydrogens (tertiary/aromatic N) is 1. The number of carbonyl (C=O) groups is 1. The van der Waals surface area contributed by atoms with Crippen LogP contribution in [0, 0.1) is 0 Å². The van der Waals surface area contributed by atoms with Crippen molar-refractivity contribution in [2.75, 3.05) is 5.75 Å². The second-order valence-corrected chi connectivity index (χ2v) is 2.53. The standard InChI is InChI=1S/C4H6NOS/c1-3-2-7-4(6)5-3/h3H,2H2,1H3. The Morgan fingerprint density at radius 1 is 2.00 bits per heavy atom. The highest BCUT2D eigenvalue weighted by atomic mass is 32.2. The Labute approximate surface area is 46.7 Å².